The summed E-state index contributed by atoms with van der Waals surface area (Å²) in [6.07, 6.45) is 1.73. The van der Waals surface area contributed by atoms with Crippen LogP contribution in [-0.4, -0.2) is 34.1 Å². The lowest BCUT2D eigenvalue weighted by molar-refractivity contribution is -0.117. The van der Waals surface area contributed by atoms with Gasteiger partial charge in [-0.15, -0.1) is 0 Å². The molecule has 1 amide bonds. The van der Waals surface area contributed by atoms with Crippen LogP contribution in [0.5, 0.6) is 0 Å². The van der Waals surface area contributed by atoms with Crippen LogP contribution in [0.4, 0.5) is 5.69 Å². The minimum absolute atomic E-state index is 0.0195. The van der Waals surface area contributed by atoms with Gasteiger partial charge in [0.15, 0.2) is 5.15 Å². The molecular weight excluding hydrogens is 253 g/mol. The molecule has 0 saturated carbocycles. The Morgan fingerprint density at radius 2 is 2.31 bits per heavy atom. The van der Waals surface area contributed by atoms with Crippen LogP contribution in [0.3, 0.4) is 0 Å². The van der Waals surface area contributed by atoms with Gasteiger partial charge in [-0.1, -0.05) is 11.6 Å². The SMILES string of the molecule is O=C1CC(CO)CN1c1cnc(Cl)nc1Cl. The average molecular weight is 262 g/mol. The zero-order chi connectivity index (χ0) is 11.7. The van der Waals surface area contributed by atoms with E-state index >= 15 is 0 Å². The molecule has 1 unspecified atom stereocenters. The molecule has 2 rings (SSSR count). The number of amides is 1. The minimum Gasteiger partial charge on any atom is -0.396 e. The summed E-state index contributed by atoms with van der Waals surface area (Å²) < 4.78 is 0. The summed E-state index contributed by atoms with van der Waals surface area (Å²) >= 11 is 11.4. The molecular formula is C9H9Cl2N3O2. The largest absolute Gasteiger partial charge is 0.396 e. The second kappa shape index (κ2) is 4.53. The monoisotopic (exact) mass is 261 g/mol. The quantitative estimate of drug-likeness (QED) is 0.640. The Kier molecular flexibility index (Phi) is 3.28. The molecule has 0 spiro atoms. The predicted octanol–water partition coefficient (Wildman–Crippen LogP) is 1.13. The Bertz CT molecular complexity index is 427. The van der Waals surface area contributed by atoms with Gasteiger partial charge >= 0.3 is 0 Å². The normalized spacial score (nSPS) is 20.6. The molecule has 2 heterocycles. The maximum absolute atomic E-state index is 11.6. The first kappa shape index (κ1) is 11.6. The number of aliphatic hydroxyl groups is 1. The summed E-state index contributed by atoms with van der Waals surface area (Å²) in [5, 5.41) is 9.18. The van der Waals surface area contributed by atoms with Crippen molar-refractivity contribution in [3.63, 3.8) is 0 Å². The molecule has 1 aliphatic rings. The molecule has 1 aromatic heterocycles. The molecule has 1 N–H and O–H groups in total. The van der Waals surface area contributed by atoms with E-state index in [4.69, 9.17) is 28.3 Å². The zero-order valence-electron chi connectivity index (χ0n) is 8.23. The Morgan fingerprint density at radius 3 is 2.88 bits per heavy atom. The number of nitrogens with zero attached hydrogens (tertiary/aromatic N) is 3. The molecule has 1 saturated heterocycles. The van der Waals surface area contributed by atoms with Crippen molar-refractivity contribution in [2.45, 2.75) is 6.42 Å². The fourth-order valence-electron chi connectivity index (χ4n) is 1.65. The number of rotatable bonds is 2. The topological polar surface area (TPSA) is 66.3 Å². The molecule has 1 aromatic rings. The van der Waals surface area contributed by atoms with Crippen molar-refractivity contribution in [2.24, 2.45) is 5.92 Å². The number of aliphatic hydroxyl groups excluding tert-OH is 1. The number of carbonyl (C=O) groups is 1. The standard InChI is InChI=1S/C9H9Cl2N3O2/c10-8-6(2-12-9(11)13-8)14-3-5(4-15)1-7(14)16/h2,5,15H,1,3-4H2. The molecule has 0 aliphatic carbocycles. The van der Waals surface area contributed by atoms with E-state index in [1.165, 1.54) is 11.1 Å². The van der Waals surface area contributed by atoms with E-state index in [0.29, 0.717) is 18.7 Å². The van der Waals surface area contributed by atoms with Crippen LogP contribution in [-0.2, 0) is 4.79 Å². The number of aromatic nitrogens is 2. The summed E-state index contributed by atoms with van der Waals surface area (Å²) in [5.74, 6) is -0.147. The summed E-state index contributed by atoms with van der Waals surface area (Å²) in [6.45, 7) is 0.411. The van der Waals surface area contributed by atoms with E-state index in [0.717, 1.165) is 0 Å². The second-order valence-electron chi connectivity index (χ2n) is 3.57. The molecule has 16 heavy (non-hydrogen) atoms. The number of hydrogen-bond donors (Lipinski definition) is 1. The second-order valence-corrected chi connectivity index (χ2v) is 4.27. The summed E-state index contributed by atoms with van der Waals surface area (Å²) in [4.78, 5) is 20.7. The van der Waals surface area contributed by atoms with Crippen molar-refractivity contribution in [2.75, 3.05) is 18.1 Å². The molecule has 0 bridgehead atoms. The van der Waals surface area contributed by atoms with E-state index in [1.54, 1.807) is 0 Å². The van der Waals surface area contributed by atoms with Crippen LogP contribution in [0, 0.1) is 5.92 Å². The Morgan fingerprint density at radius 1 is 1.56 bits per heavy atom. The van der Waals surface area contributed by atoms with Gasteiger partial charge in [0.2, 0.25) is 11.2 Å². The summed E-state index contributed by atoms with van der Waals surface area (Å²) in [5.41, 5.74) is 0.437. The minimum atomic E-state index is -0.0909. The van der Waals surface area contributed by atoms with Crippen LogP contribution in [0.15, 0.2) is 6.20 Å². The van der Waals surface area contributed by atoms with Gasteiger partial charge in [-0.25, -0.2) is 9.97 Å². The van der Waals surface area contributed by atoms with E-state index in [9.17, 15) is 4.79 Å². The Balaban J connectivity index is 2.28. The van der Waals surface area contributed by atoms with Gasteiger partial charge in [0, 0.05) is 25.5 Å². The third kappa shape index (κ3) is 2.11. The molecule has 1 aliphatic heterocycles. The average Bonchev–Trinajstić information content (AvgIpc) is 2.60. The van der Waals surface area contributed by atoms with E-state index in [1.807, 2.05) is 0 Å². The molecule has 1 atom stereocenters. The highest BCUT2D eigenvalue weighted by atomic mass is 35.5. The number of anilines is 1. The maximum atomic E-state index is 11.6. The van der Waals surface area contributed by atoms with Gasteiger partial charge in [0.05, 0.1) is 11.9 Å². The third-order valence-corrected chi connectivity index (χ3v) is 2.91. The zero-order valence-corrected chi connectivity index (χ0v) is 9.74. The van der Waals surface area contributed by atoms with Crippen molar-refractivity contribution in [3.05, 3.63) is 16.6 Å². The van der Waals surface area contributed by atoms with Gasteiger partial charge in [0.25, 0.3) is 0 Å². The predicted molar refractivity (Wildman–Crippen MR) is 59.6 cm³/mol. The number of halogens is 2. The summed E-state index contributed by atoms with van der Waals surface area (Å²) in [7, 11) is 0. The van der Waals surface area contributed by atoms with Crippen LogP contribution in [0.1, 0.15) is 6.42 Å². The molecule has 7 heteroatoms. The number of carbonyl (C=O) groups excluding carboxylic acids is 1. The smallest absolute Gasteiger partial charge is 0.227 e. The lowest BCUT2D eigenvalue weighted by atomic mass is 10.1. The van der Waals surface area contributed by atoms with Gasteiger partial charge in [-0.2, -0.15) is 0 Å². The first-order chi connectivity index (χ1) is 7.61. The first-order valence-electron chi connectivity index (χ1n) is 4.71. The highest BCUT2D eigenvalue weighted by Gasteiger charge is 2.31. The van der Waals surface area contributed by atoms with E-state index in [-0.39, 0.29) is 28.9 Å². The van der Waals surface area contributed by atoms with Gasteiger partial charge < -0.3 is 10.0 Å². The van der Waals surface area contributed by atoms with Crippen LogP contribution >= 0.6 is 23.2 Å². The van der Waals surface area contributed by atoms with Crippen molar-refractivity contribution >= 4 is 34.8 Å². The molecule has 86 valence electrons. The fourth-order valence-corrected chi connectivity index (χ4v) is 2.06. The van der Waals surface area contributed by atoms with Gasteiger partial charge in [-0.05, 0) is 11.6 Å². The van der Waals surface area contributed by atoms with Crippen molar-refractivity contribution < 1.29 is 9.90 Å². The lowest BCUT2D eigenvalue weighted by Gasteiger charge is -2.16. The first-order valence-corrected chi connectivity index (χ1v) is 5.46. The highest BCUT2D eigenvalue weighted by molar-refractivity contribution is 6.34. The molecule has 0 radical (unpaired) electrons. The molecule has 1 fully saturated rings. The lowest BCUT2D eigenvalue weighted by Crippen LogP contribution is -2.25. The highest BCUT2D eigenvalue weighted by Crippen LogP contribution is 2.29. The summed E-state index contributed by atoms with van der Waals surface area (Å²) in [6, 6.07) is 0. The van der Waals surface area contributed by atoms with Gasteiger partial charge in [0.1, 0.15) is 0 Å². The van der Waals surface area contributed by atoms with Gasteiger partial charge in [-0.3, -0.25) is 4.79 Å². The van der Waals surface area contributed by atoms with E-state index in [2.05, 4.69) is 9.97 Å². The van der Waals surface area contributed by atoms with Crippen LogP contribution < -0.4 is 4.90 Å². The van der Waals surface area contributed by atoms with Crippen molar-refractivity contribution in [1.29, 1.82) is 0 Å². The Hall–Kier alpha value is -0.910. The third-order valence-electron chi connectivity index (χ3n) is 2.45. The molecule has 5 nitrogen and oxygen atoms in total. The fraction of sp³-hybridized carbons (Fsp3) is 0.444. The number of hydrogen-bond acceptors (Lipinski definition) is 4. The van der Waals surface area contributed by atoms with Crippen molar-refractivity contribution in [3.8, 4) is 0 Å². The molecule has 0 aromatic carbocycles. The van der Waals surface area contributed by atoms with Crippen molar-refractivity contribution in [1.82, 2.24) is 9.97 Å². The van der Waals surface area contributed by atoms with Crippen LogP contribution in [0.2, 0.25) is 10.4 Å². The Labute approximate surface area is 102 Å². The maximum Gasteiger partial charge on any atom is 0.227 e. The van der Waals surface area contributed by atoms with E-state index < -0.39 is 0 Å². The van der Waals surface area contributed by atoms with Crippen LogP contribution in [0.25, 0.3) is 0 Å².